The summed E-state index contributed by atoms with van der Waals surface area (Å²) in [4.78, 5) is 4.49. The number of pyridine rings is 1. The van der Waals surface area contributed by atoms with Gasteiger partial charge in [-0.15, -0.1) is 35.7 Å². The second kappa shape index (κ2) is 13.0. The molecule has 3 aromatic heterocycles. The van der Waals surface area contributed by atoms with E-state index in [1.54, 1.807) is 0 Å². The number of nitrogens with zero attached hydrogens (tertiary/aromatic N) is 4. The number of aromatic nitrogens is 4. The van der Waals surface area contributed by atoms with Gasteiger partial charge in [-0.05, 0) is 53.7 Å². The van der Waals surface area contributed by atoms with Crippen LogP contribution in [0.3, 0.4) is 0 Å². The third-order valence-electron chi connectivity index (χ3n) is 8.95. The molecule has 4 aromatic carbocycles. The summed E-state index contributed by atoms with van der Waals surface area (Å²) in [5, 5.41) is 7.37. The number of ether oxygens (including phenoxy) is 1. The minimum absolute atomic E-state index is 0. The Morgan fingerprint density at radius 1 is 0.720 bits per heavy atom. The van der Waals surface area contributed by atoms with Gasteiger partial charge in [0.2, 0.25) is 0 Å². The van der Waals surface area contributed by atoms with Crippen molar-refractivity contribution in [3.05, 3.63) is 131 Å². The average molecular weight is 755 g/mol. The largest absolute Gasteiger partial charge is 2.00 e. The first-order chi connectivity index (χ1) is 23.2. The van der Waals surface area contributed by atoms with Crippen molar-refractivity contribution < 1.29 is 29.6 Å². The molecule has 0 aliphatic carbocycles. The molecule has 0 saturated heterocycles. The smallest absolute Gasteiger partial charge is 0.509 e. The van der Waals surface area contributed by atoms with Gasteiger partial charge >= 0.3 is 20.4 Å². The van der Waals surface area contributed by atoms with E-state index in [0.717, 1.165) is 44.4 Å². The van der Waals surface area contributed by atoms with Gasteiger partial charge in [0.15, 0.2) is 0 Å². The number of hydrogen-bond acceptors (Lipinski definition) is 3. The van der Waals surface area contributed by atoms with Crippen molar-refractivity contribution in [2.75, 3.05) is 0 Å². The molecule has 5 nitrogen and oxygen atoms in total. The van der Waals surface area contributed by atoms with E-state index in [0.29, 0.717) is 17.3 Å². The van der Waals surface area contributed by atoms with Crippen LogP contribution in [0.15, 0.2) is 85.1 Å². The van der Waals surface area contributed by atoms with Crippen LogP contribution in [0.4, 0.5) is 4.39 Å². The molecule has 0 aliphatic rings. The standard InChI is InChI=1S/C43H41FN4O.Pd/c1-26-21-30(48-41(43(7,8)9)39(40(46-48)42(4,5)6)38-27(2)13-12-14-28(38)3)24-32(22-26)49-31-17-18-34-33-15-10-11-16-35(33)47(36(34)25-31)37-23-29(44)19-20-45-37;/h10-23H,1-9H3;/q-2;+2. The van der Waals surface area contributed by atoms with Crippen LogP contribution in [0.25, 0.3) is 44.4 Å². The molecule has 3 heterocycles. The molecule has 0 radical (unpaired) electrons. The Balaban J connectivity index is 0.00000432. The van der Waals surface area contributed by atoms with Crippen molar-refractivity contribution >= 4 is 21.8 Å². The molecule has 0 spiro atoms. The van der Waals surface area contributed by atoms with Gasteiger partial charge < -0.3 is 9.30 Å². The maximum absolute atomic E-state index is 14.4. The molecule has 50 heavy (non-hydrogen) atoms. The Labute approximate surface area is 307 Å². The number of para-hydroxylation sites is 1. The Morgan fingerprint density at radius 2 is 1.44 bits per heavy atom. The van der Waals surface area contributed by atoms with Gasteiger partial charge in [-0.25, -0.2) is 9.37 Å². The first-order valence-corrected chi connectivity index (χ1v) is 16.7. The molecule has 256 valence electrons. The van der Waals surface area contributed by atoms with Crippen LogP contribution in [0.5, 0.6) is 11.5 Å². The van der Waals surface area contributed by atoms with Crippen LogP contribution in [0.1, 0.15) is 69.6 Å². The van der Waals surface area contributed by atoms with Gasteiger partial charge in [0, 0.05) is 45.7 Å². The van der Waals surface area contributed by atoms with Crippen molar-refractivity contribution in [1.29, 1.82) is 0 Å². The van der Waals surface area contributed by atoms with Crippen LogP contribution in [-0.4, -0.2) is 19.3 Å². The van der Waals surface area contributed by atoms with Crippen LogP contribution in [0.2, 0.25) is 0 Å². The summed E-state index contributed by atoms with van der Waals surface area (Å²) < 4.78 is 24.9. The summed E-state index contributed by atoms with van der Waals surface area (Å²) in [5.41, 5.74) is 10.1. The summed E-state index contributed by atoms with van der Waals surface area (Å²) in [7, 11) is 0. The van der Waals surface area contributed by atoms with Crippen molar-refractivity contribution in [3.63, 3.8) is 0 Å². The minimum Gasteiger partial charge on any atom is -0.509 e. The van der Waals surface area contributed by atoms with Crippen molar-refractivity contribution in [3.8, 4) is 34.1 Å². The van der Waals surface area contributed by atoms with E-state index in [1.165, 1.54) is 40.6 Å². The first-order valence-electron chi connectivity index (χ1n) is 16.7. The van der Waals surface area contributed by atoms with Crippen LogP contribution >= 0.6 is 0 Å². The maximum Gasteiger partial charge on any atom is 2.00 e. The zero-order valence-corrected chi connectivity index (χ0v) is 31.5. The number of fused-ring (bicyclic) bond motifs is 3. The monoisotopic (exact) mass is 754 g/mol. The molecule has 0 atom stereocenters. The first kappa shape index (κ1) is 35.3. The summed E-state index contributed by atoms with van der Waals surface area (Å²) in [5.74, 6) is 1.20. The normalized spacial score (nSPS) is 12.0. The average Bonchev–Trinajstić information content (AvgIpc) is 3.58. The predicted octanol–water partition coefficient (Wildman–Crippen LogP) is 11.1. The molecule has 0 bridgehead atoms. The van der Waals surface area contributed by atoms with Gasteiger partial charge in [0.1, 0.15) is 11.6 Å². The van der Waals surface area contributed by atoms with Gasteiger partial charge in [-0.1, -0.05) is 90.4 Å². The van der Waals surface area contributed by atoms with E-state index in [2.05, 4.69) is 114 Å². The van der Waals surface area contributed by atoms with E-state index in [9.17, 15) is 4.39 Å². The number of benzene rings is 4. The van der Waals surface area contributed by atoms with Crippen molar-refractivity contribution in [2.24, 2.45) is 0 Å². The number of rotatable bonds is 5. The molecule has 0 unspecified atom stereocenters. The number of hydrogen-bond donors (Lipinski definition) is 0. The Morgan fingerprint density at radius 3 is 2.12 bits per heavy atom. The fourth-order valence-corrected chi connectivity index (χ4v) is 6.89. The second-order valence-electron chi connectivity index (χ2n) is 15.0. The number of halogens is 1. The zero-order chi connectivity index (χ0) is 34.8. The Hall–Kier alpha value is -4.57. The number of aryl methyl sites for hydroxylation is 3. The molecule has 7 heteroatoms. The predicted molar refractivity (Wildman–Crippen MR) is 197 cm³/mol. The maximum atomic E-state index is 14.4. The second-order valence-corrected chi connectivity index (χ2v) is 15.0. The molecule has 0 N–H and O–H groups in total. The molecule has 7 rings (SSSR count). The van der Waals surface area contributed by atoms with Gasteiger partial charge in [-0.2, -0.15) is 16.7 Å². The summed E-state index contributed by atoms with van der Waals surface area (Å²) in [6.45, 7) is 19.8. The summed E-state index contributed by atoms with van der Waals surface area (Å²) >= 11 is 0. The minimum atomic E-state index is -0.353. The van der Waals surface area contributed by atoms with Crippen molar-refractivity contribution in [2.45, 2.75) is 73.1 Å². The van der Waals surface area contributed by atoms with Crippen LogP contribution < -0.4 is 4.74 Å². The van der Waals surface area contributed by atoms with Crippen molar-refractivity contribution in [1.82, 2.24) is 19.3 Å². The van der Waals surface area contributed by atoms with Crippen LogP contribution in [-0.2, 0) is 31.3 Å². The van der Waals surface area contributed by atoms with Crippen LogP contribution in [0, 0.1) is 38.7 Å². The summed E-state index contributed by atoms with van der Waals surface area (Å²) in [6.07, 6.45) is 1.48. The molecule has 0 aliphatic heterocycles. The zero-order valence-electron chi connectivity index (χ0n) is 30.0. The SMILES string of the molecule is Cc1cc(Oc2[c-]c3c(cc2)c2ccccc2n3-c2cc(F)ccn2)[c-]c(-n2nc(C(C)(C)C)c(-c3c(C)cccc3C)c2C(C)(C)C)c1.[Pd+2]. The topological polar surface area (TPSA) is 44.9 Å². The Bertz CT molecular complexity index is 2370. The fourth-order valence-electron chi connectivity index (χ4n) is 6.89. The third kappa shape index (κ3) is 6.30. The molecule has 0 saturated carbocycles. The molecule has 7 aromatic rings. The van der Waals surface area contributed by atoms with E-state index < -0.39 is 0 Å². The van der Waals surface area contributed by atoms with Gasteiger partial charge in [0.05, 0.1) is 11.4 Å². The van der Waals surface area contributed by atoms with E-state index in [1.807, 2.05) is 41.0 Å². The molecule has 0 fully saturated rings. The van der Waals surface area contributed by atoms with Gasteiger partial charge in [-0.3, -0.25) is 4.68 Å². The molecular weight excluding hydrogens is 714 g/mol. The molecule has 0 amide bonds. The van der Waals surface area contributed by atoms with E-state index >= 15 is 0 Å². The third-order valence-corrected chi connectivity index (χ3v) is 8.95. The quantitative estimate of drug-likeness (QED) is 0.130. The van der Waals surface area contributed by atoms with E-state index in [4.69, 9.17) is 9.84 Å². The fraction of sp³-hybridized carbons (Fsp3) is 0.256. The molecular formula is C43H41FN4OPd. The van der Waals surface area contributed by atoms with E-state index in [-0.39, 0.29) is 37.1 Å². The Kier molecular flexibility index (Phi) is 9.14. The van der Waals surface area contributed by atoms with Gasteiger partial charge in [0.25, 0.3) is 0 Å². The summed E-state index contributed by atoms with van der Waals surface area (Å²) in [6, 6.07) is 32.3.